The molecule has 2 aliphatic rings. The molecule has 2 aromatic carbocycles. The predicted molar refractivity (Wildman–Crippen MR) is 142 cm³/mol. The molecular formula is C27H35ClN2O6S. The summed E-state index contributed by atoms with van der Waals surface area (Å²) in [6.45, 7) is 2.23. The molecule has 2 aromatic rings. The maximum atomic E-state index is 13.9. The summed E-state index contributed by atoms with van der Waals surface area (Å²) in [5.74, 6) is 1.23. The van der Waals surface area contributed by atoms with E-state index in [0.29, 0.717) is 30.9 Å². The van der Waals surface area contributed by atoms with E-state index in [1.54, 1.807) is 0 Å². The molecule has 1 atom stereocenters. The molecule has 0 aliphatic carbocycles. The van der Waals surface area contributed by atoms with Gasteiger partial charge in [-0.3, -0.25) is 4.79 Å². The minimum absolute atomic E-state index is 0.0251. The number of carbonyl (C=O) groups is 1. The van der Waals surface area contributed by atoms with Gasteiger partial charge >= 0.3 is 0 Å². The van der Waals surface area contributed by atoms with Crippen LogP contribution in [0.3, 0.4) is 0 Å². The van der Waals surface area contributed by atoms with Crippen LogP contribution < -0.4 is 14.2 Å². The highest BCUT2D eigenvalue weighted by molar-refractivity contribution is 7.89. The van der Waals surface area contributed by atoms with E-state index in [1.807, 2.05) is 35.2 Å². The van der Waals surface area contributed by atoms with Gasteiger partial charge in [0, 0.05) is 44.1 Å². The van der Waals surface area contributed by atoms with E-state index in [9.17, 15) is 13.2 Å². The van der Waals surface area contributed by atoms with Gasteiger partial charge in [0.2, 0.25) is 15.9 Å². The van der Waals surface area contributed by atoms with E-state index >= 15 is 0 Å². The third kappa shape index (κ3) is 6.33. The summed E-state index contributed by atoms with van der Waals surface area (Å²) in [4.78, 5) is 15.3. The zero-order valence-corrected chi connectivity index (χ0v) is 23.0. The maximum absolute atomic E-state index is 13.9. The number of rotatable bonds is 9. The lowest BCUT2D eigenvalue weighted by atomic mass is 9.78. The molecule has 0 spiro atoms. The van der Waals surface area contributed by atoms with Gasteiger partial charge in [-0.2, -0.15) is 4.31 Å². The normalized spacial score (nSPS) is 20.9. The van der Waals surface area contributed by atoms with Gasteiger partial charge in [0.25, 0.3) is 0 Å². The topological polar surface area (TPSA) is 85.4 Å². The number of methoxy groups -OCH3 is 2. The molecule has 8 nitrogen and oxygen atoms in total. The molecule has 0 aromatic heterocycles. The number of carbonyl (C=O) groups excluding carboxylic acids is 1. The van der Waals surface area contributed by atoms with Crippen molar-refractivity contribution in [3.05, 3.63) is 47.5 Å². The van der Waals surface area contributed by atoms with Crippen LogP contribution >= 0.6 is 11.6 Å². The number of piperidine rings is 2. The van der Waals surface area contributed by atoms with Crippen molar-refractivity contribution in [2.45, 2.75) is 43.4 Å². The van der Waals surface area contributed by atoms with Crippen molar-refractivity contribution >= 4 is 27.5 Å². The number of halogens is 1. The van der Waals surface area contributed by atoms with Crippen LogP contribution in [-0.2, 0) is 14.8 Å². The second kappa shape index (κ2) is 11.9. The van der Waals surface area contributed by atoms with Crippen molar-refractivity contribution in [2.75, 3.05) is 47.0 Å². The van der Waals surface area contributed by atoms with E-state index < -0.39 is 15.4 Å². The predicted octanol–water partition coefficient (Wildman–Crippen LogP) is 4.61. The number of para-hydroxylation sites is 1. The number of sulfonamides is 1. The number of hydrogen-bond donors (Lipinski definition) is 0. The van der Waals surface area contributed by atoms with Gasteiger partial charge in [-0.1, -0.05) is 29.8 Å². The van der Waals surface area contributed by atoms with Crippen LogP contribution in [0.25, 0.3) is 0 Å². The zero-order chi connectivity index (χ0) is 26.5. The molecule has 2 heterocycles. The Morgan fingerprint density at radius 1 is 0.973 bits per heavy atom. The average molecular weight is 551 g/mol. The van der Waals surface area contributed by atoms with Gasteiger partial charge in [0.05, 0.1) is 25.8 Å². The number of nitrogens with zero attached hydrogens (tertiary/aromatic N) is 2. The third-order valence-corrected chi connectivity index (χ3v) is 9.37. The zero-order valence-electron chi connectivity index (χ0n) is 21.4. The largest absolute Gasteiger partial charge is 0.495 e. The Morgan fingerprint density at radius 3 is 2.35 bits per heavy atom. The quantitative estimate of drug-likeness (QED) is 0.453. The van der Waals surface area contributed by atoms with E-state index in [4.69, 9.17) is 25.8 Å². The van der Waals surface area contributed by atoms with Gasteiger partial charge < -0.3 is 19.1 Å². The average Bonchev–Trinajstić information content (AvgIpc) is 2.93. The monoisotopic (exact) mass is 550 g/mol. The first kappa shape index (κ1) is 27.5. The smallest absolute Gasteiger partial charge is 0.246 e. The highest BCUT2D eigenvalue weighted by atomic mass is 35.5. The van der Waals surface area contributed by atoms with E-state index in [-0.39, 0.29) is 41.1 Å². The van der Waals surface area contributed by atoms with Crippen LogP contribution in [0.1, 0.15) is 38.5 Å². The van der Waals surface area contributed by atoms with E-state index in [0.717, 1.165) is 32.4 Å². The van der Waals surface area contributed by atoms with Crippen molar-refractivity contribution in [3.8, 4) is 17.2 Å². The Balaban J connectivity index is 1.63. The summed E-state index contributed by atoms with van der Waals surface area (Å²) in [6.07, 6.45) is 4.65. The van der Waals surface area contributed by atoms with Crippen LogP contribution in [0, 0.1) is 5.41 Å². The minimum Gasteiger partial charge on any atom is -0.495 e. The summed E-state index contributed by atoms with van der Waals surface area (Å²) in [5, 5.41) is 0.179. The summed E-state index contributed by atoms with van der Waals surface area (Å²) in [5.41, 5.74) is -0.667. The van der Waals surface area contributed by atoms with Crippen LogP contribution in [0.15, 0.2) is 47.4 Å². The number of benzene rings is 2. The van der Waals surface area contributed by atoms with Crippen molar-refractivity contribution < 1.29 is 27.4 Å². The maximum Gasteiger partial charge on any atom is 0.246 e. The Kier molecular flexibility index (Phi) is 8.87. The Morgan fingerprint density at radius 2 is 1.68 bits per heavy atom. The number of ether oxygens (including phenoxy) is 3. The molecule has 0 bridgehead atoms. The summed E-state index contributed by atoms with van der Waals surface area (Å²) in [7, 11) is -1.11. The SMILES string of the molecule is COc1cc(OC)c(S(=O)(=O)N2CCC[C@](COc3ccccc3)(CC(=O)N3CCCCC3)C2)cc1Cl. The van der Waals surface area contributed by atoms with Crippen LogP contribution in [-0.4, -0.2) is 70.5 Å². The molecule has 10 heteroatoms. The molecule has 37 heavy (non-hydrogen) atoms. The van der Waals surface area contributed by atoms with Gasteiger partial charge in [-0.15, -0.1) is 0 Å². The first-order chi connectivity index (χ1) is 17.8. The number of likely N-dealkylation sites (tertiary alicyclic amines) is 1. The Bertz CT molecular complexity index is 1190. The van der Waals surface area contributed by atoms with Crippen LogP contribution in [0.5, 0.6) is 17.2 Å². The highest BCUT2D eigenvalue weighted by Crippen LogP contribution is 2.41. The standard InChI is InChI=1S/C27H35ClN2O6S/c1-34-23-17-24(35-2)25(16-22(23)28)37(32,33)30-15-9-12-27(19-30,20-36-21-10-5-3-6-11-21)18-26(31)29-13-7-4-8-14-29/h3,5-6,10-11,16-17H,4,7-9,12-15,18-20H2,1-2H3/t27-/m0/s1. The van der Waals surface area contributed by atoms with Gasteiger partial charge in [0.1, 0.15) is 22.1 Å². The minimum atomic E-state index is -3.98. The number of amides is 1. The molecular weight excluding hydrogens is 516 g/mol. The molecule has 1 amide bonds. The van der Waals surface area contributed by atoms with E-state index in [1.165, 1.54) is 30.7 Å². The van der Waals surface area contributed by atoms with Gasteiger partial charge in [0.15, 0.2) is 0 Å². The third-order valence-electron chi connectivity index (χ3n) is 7.21. The molecule has 2 saturated heterocycles. The lowest BCUT2D eigenvalue weighted by molar-refractivity contribution is -0.136. The fourth-order valence-corrected chi connectivity index (χ4v) is 7.24. The van der Waals surface area contributed by atoms with E-state index in [2.05, 4.69) is 0 Å². The molecule has 0 unspecified atom stereocenters. The van der Waals surface area contributed by atoms with Crippen molar-refractivity contribution in [2.24, 2.45) is 5.41 Å². The molecule has 0 saturated carbocycles. The molecule has 0 N–H and O–H groups in total. The highest BCUT2D eigenvalue weighted by Gasteiger charge is 2.44. The lowest BCUT2D eigenvalue weighted by Gasteiger charge is -2.42. The Labute approximate surface area is 224 Å². The molecule has 4 rings (SSSR count). The fraction of sp³-hybridized carbons (Fsp3) is 0.519. The second-order valence-corrected chi connectivity index (χ2v) is 12.1. The second-order valence-electron chi connectivity index (χ2n) is 9.80. The molecule has 202 valence electrons. The van der Waals surface area contributed by atoms with Crippen molar-refractivity contribution in [1.82, 2.24) is 9.21 Å². The Hall–Kier alpha value is -2.49. The van der Waals surface area contributed by atoms with Crippen LogP contribution in [0.4, 0.5) is 0 Å². The molecule has 2 fully saturated rings. The van der Waals surface area contributed by atoms with Crippen LogP contribution in [0.2, 0.25) is 5.02 Å². The molecule has 2 aliphatic heterocycles. The summed E-state index contributed by atoms with van der Waals surface area (Å²) < 4.78 is 46.0. The van der Waals surface area contributed by atoms with Crippen molar-refractivity contribution in [3.63, 3.8) is 0 Å². The van der Waals surface area contributed by atoms with Gasteiger partial charge in [-0.25, -0.2) is 8.42 Å². The van der Waals surface area contributed by atoms with Crippen molar-refractivity contribution in [1.29, 1.82) is 0 Å². The fourth-order valence-electron chi connectivity index (χ4n) is 5.18. The summed E-state index contributed by atoms with van der Waals surface area (Å²) in [6, 6.07) is 12.2. The number of hydrogen-bond acceptors (Lipinski definition) is 6. The first-order valence-corrected chi connectivity index (χ1v) is 14.5. The molecule has 0 radical (unpaired) electrons. The lowest BCUT2D eigenvalue weighted by Crippen LogP contribution is -2.51. The summed E-state index contributed by atoms with van der Waals surface area (Å²) >= 11 is 6.30. The first-order valence-electron chi connectivity index (χ1n) is 12.7. The van der Waals surface area contributed by atoms with Gasteiger partial charge in [-0.05, 0) is 50.3 Å².